The number of aliphatic hydroxyl groups excluding tert-OH is 2. The summed E-state index contributed by atoms with van der Waals surface area (Å²) in [4.78, 5) is 8.40. The number of unbranched alkanes of at least 4 members (excludes halogenated alkanes) is 5. The fraction of sp³-hybridized carbons (Fsp3) is 0.600. The molecule has 1 aliphatic rings. The molecular formula is C20H28N4O3. The molecule has 2 aromatic rings. The second-order valence-electron chi connectivity index (χ2n) is 7.01. The van der Waals surface area contributed by atoms with E-state index in [0.717, 1.165) is 18.4 Å². The molecule has 0 aromatic carbocycles. The van der Waals surface area contributed by atoms with Crippen LogP contribution in [0.1, 0.15) is 63.7 Å². The van der Waals surface area contributed by atoms with Gasteiger partial charge in [-0.2, -0.15) is 0 Å². The van der Waals surface area contributed by atoms with E-state index < -0.39 is 12.3 Å². The third-order valence-corrected chi connectivity index (χ3v) is 4.91. The van der Waals surface area contributed by atoms with Gasteiger partial charge >= 0.3 is 0 Å². The molecule has 3 rings (SSSR count). The first-order chi connectivity index (χ1) is 13.2. The lowest BCUT2D eigenvalue weighted by Gasteiger charge is -2.17. The molecule has 3 unspecified atom stereocenters. The van der Waals surface area contributed by atoms with Crippen molar-refractivity contribution in [2.75, 3.05) is 12.3 Å². The van der Waals surface area contributed by atoms with Crippen LogP contribution in [0.3, 0.4) is 0 Å². The second-order valence-corrected chi connectivity index (χ2v) is 7.01. The van der Waals surface area contributed by atoms with Crippen molar-refractivity contribution < 1.29 is 14.9 Å². The van der Waals surface area contributed by atoms with E-state index in [-0.39, 0.29) is 12.7 Å². The number of ether oxygens (including phenoxy) is 1. The Morgan fingerprint density at radius 2 is 2.11 bits per heavy atom. The molecule has 146 valence electrons. The molecule has 0 aliphatic carbocycles. The molecule has 2 aromatic heterocycles. The number of nitrogens with zero attached hydrogens (tertiary/aromatic N) is 3. The highest BCUT2D eigenvalue weighted by Gasteiger charge is 2.36. The van der Waals surface area contributed by atoms with Crippen LogP contribution in [0.5, 0.6) is 0 Å². The molecule has 0 saturated carbocycles. The number of rotatable bonds is 7. The summed E-state index contributed by atoms with van der Waals surface area (Å²) in [5, 5.41) is 20.3. The third kappa shape index (κ3) is 4.41. The average Bonchev–Trinajstić information content (AvgIpc) is 3.22. The van der Waals surface area contributed by atoms with Crippen LogP contribution in [0, 0.1) is 11.8 Å². The fourth-order valence-corrected chi connectivity index (χ4v) is 3.47. The van der Waals surface area contributed by atoms with Gasteiger partial charge in [-0.05, 0) is 6.42 Å². The first kappa shape index (κ1) is 19.6. The molecule has 7 heteroatoms. The summed E-state index contributed by atoms with van der Waals surface area (Å²) in [6.07, 6.45) is 8.71. The van der Waals surface area contributed by atoms with Crippen molar-refractivity contribution in [2.45, 2.75) is 70.3 Å². The van der Waals surface area contributed by atoms with E-state index in [2.05, 4.69) is 28.7 Å². The number of anilines is 1. The highest BCUT2D eigenvalue weighted by atomic mass is 16.5. The fourth-order valence-electron chi connectivity index (χ4n) is 3.47. The quantitative estimate of drug-likeness (QED) is 0.509. The predicted molar refractivity (Wildman–Crippen MR) is 104 cm³/mol. The zero-order valence-corrected chi connectivity index (χ0v) is 15.8. The zero-order chi connectivity index (χ0) is 19.2. The van der Waals surface area contributed by atoms with E-state index in [1.54, 1.807) is 4.57 Å². The van der Waals surface area contributed by atoms with Gasteiger partial charge in [-0.1, -0.05) is 44.4 Å². The SMILES string of the molecule is CCCCCCCC#Cc1cn(C2OC(CO)CC2O)c2ncnc(N)c12. The average molecular weight is 372 g/mol. The summed E-state index contributed by atoms with van der Waals surface area (Å²) in [6, 6.07) is 0. The molecule has 1 fully saturated rings. The van der Waals surface area contributed by atoms with Crippen molar-refractivity contribution in [3.63, 3.8) is 0 Å². The van der Waals surface area contributed by atoms with Crippen LogP contribution in [0.15, 0.2) is 12.5 Å². The molecule has 3 heterocycles. The van der Waals surface area contributed by atoms with Crippen LogP contribution in [0.4, 0.5) is 5.82 Å². The van der Waals surface area contributed by atoms with Gasteiger partial charge in [0.05, 0.1) is 23.7 Å². The second kappa shape index (κ2) is 9.18. The Hall–Kier alpha value is -2.14. The van der Waals surface area contributed by atoms with Crippen molar-refractivity contribution in [2.24, 2.45) is 0 Å². The maximum absolute atomic E-state index is 10.3. The van der Waals surface area contributed by atoms with Gasteiger partial charge in [-0.25, -0.2) is 9.97 Å². The monoisotopic (exact) mass is 372 g/mol. The van der Waals surface area contributed by atoms with Gasteiger partial charge in [0, 0.05) is 19.0 Å². The minimum absolute atomic E-state index is 0.130. The van der Waals surface area contributed by atoms with Crippen LogP contribution in [-0.2, 0) is 4.74 Å². The molecule has 1 aliphatic heterocycles. The van der Waals surface area contributed by atoms with Crippen LogP contribution >= 0.6 is 0 Å². The van der Waals surface area contributed by atoms with E-state index in [9.17, 15) is 10.2 Å². The standard InChI is InChI=1S/C20H28N4O3/c1-2-3-4-5-6-7-8-9-14-11-24(19-17(14)18(21)22-13-23-19)20-16(26)10-15(12-25)27-20/h11,13,15-16,20,25-26H,2-7,10,12H2,1H3,(H2,21,22,23). The Morgan fingerprint density at radius 3 is 2.85 bits per heavy atom. The van der Waals surface area contributed by atoms with E-state index in [0.29, 0.717) is 23.3 Å². The first-order valence-electron chi connectivity index (χ1n) is 9.70. The van der Waals surface area contributed by atoms with Gasteiger partial charge < -0.3 is 25.3 Å². The highest BCUT2D eigenvalue weighted by molar-refractivity contribution is 5.92. The number of aliphatic hydroxyl groups is 2. The number of hydrogen-bond acceptors (Lipinski definition) is 6. The maximum Gasteiger partial charge on any atom is 0.161 e. The molecule has 27 heavy (non-hydrogen) atoms. The zero-order valence-electron chi connectivity index (χ0n) is 15.8. The van der Waals surface area contributed by atoms with Crippen molar-refractivity contribution >= 4 is 16.9 Å². The molecule has 0 amide bonds. The molecule has 0 spiro atoms. The Balaban J connectivity index is 1.82. The number of nitrogens with two attached hydrogens (primary N) is 1. The van der Waals surface area contributed by atoms with E-state index in [1.807, 2.05) is 6.20 Å². The lowest BCUT2D eigenvalue weighted by molar-refractivity contribution is -0.0484. The van der Waals surface area contributed by atoms with Gasteiger partial charge in [-0.3, -0.25) is 0 Å². The Morgan fingerprint density at radius 1 is 1.30 bits per heavy atom. The van der Waals surface area contributed by atoms with Crippen molar-refractivity contribution in [3.8, 4) is 11.8 Å². The summed E-state index contributed by atoms with van der Waals surface area (Å²) in [6.45, 7) is 2.07. The molecular weight excluding hydrogens is 344 g/mol. The van der Waals surface area contributed by atoms with E-state index >= 15 is 0 Å². The lowest BCUT2D eigenvalue weighted by Crippen LogP contribution is -2.19. The largest absolute Gasteiger partial charge is 0.394 e. The van der Waals surface area contributed by atoms with Gasteiger partial charge in [0.25, 0.3) is 0 Å². The minimum atomic E-state index is -0.728. The normalized spacial score (nSPS) is 22.1. The smallest absolute Gasteiger partial charge is 0.161 e. The molecule has 7 nitrogen and oxygen atoms in total. The van der Waals surface area contributed by atoms with Crippen LogP contribution < -0.4 is 5.73 Å². The predicted octanol–water partition coefficient (Wildman–Crippen LogP) is 2.37. The van der Waals surface area contributed by atoms with Crippen molar-refractivity contribution in [1.29, 1.82) is 0 Å². The van der Waals surface area contributed by atoms with Gasteiger partial charge in [0.1, 0.15) is 23.9 Å². The summed E-state index contributed by atoms with van der Waals surface area (Å²) in [7, 11) is 0. The van der Waals surface area contributed by atoms with Gasteiger partial charge in [-0.15, -0.1) is 0 Å². The Bertz CT molecular complexity index is 824. The van der Waals surface area contributed by atoms with E-state index in [1.165, 1.54) is 32.0 Å². The van der Waals surface area contributed by atoms with Crippen molar-refractivity contribution in [1.82, 2.24) is 14.5 Å². The summed E-state index contributed by atoms with van der Waals surface area (Å²) < 4.78 is 7.51. The van der Waals surface area contributed by atoms with E-state index in [4.69, 9.17) is 10.5 Å². The molecule has 1 saturated heterocycles. The highest BCUT2D eigenvalue weighted by Crippen LogP contribution is 2.33. The first-order valence-corrected chi connectivity index (χ1v) is 9.70. The number of fused-ring (bicyclic) bond motifs is 1. The Kier molecular flexibility index (Phi) is 6.67. The number of hydrogen-bond donors (Lipinski definition) is 3. The molecule has 4 N–H and O–H groups in total. The van der Waals surface area contributed by atoms with Crippen LogP contribution in [0.2, 0.25) is 0 Å². The topological polar surface area (TPSA) is 106 Å². The summed E-state index contributed by atoms with van der Waals surface area (Å²) in [5.41, 5.74) is 7.38. The van der Waals surface area contributed by atoms with Crippen LogP contribution in [0.25, 0.3) is 11.0 Å². The van der Waals surface area contributed by atoms with Gasteiger partial charge in [0.15, 0.2) is 6.23 Å². The molecule has 0 radical (unpaired) electrons. The maximum atomic E-state index is 10.3. The molecule has 3 atom stereocenters. The third-order valence-electron chi connectivity index (χ3n) is 4.91. The number of aromatic nitrogens is 3. The Labute approximate surface area is 159 Å². The summed E-state index contributed by atoms with van der Waals surface area (Å²) >= 11 is 0. The molecule has 0 bridgehead atoms. The van der Waals surface area contributed by atoms with Crippen LogP contribution in [-0.4, -0.2) is 43.6 Å². The number of nitrogen functional groups attached to an aromatic ring is 1. The summed E-state index contributed by atoms with van der Waals surface area (Å²) in [5.74, 6) is 6.76. The van der Waals surface area contributed by atoms with Crippen molar-refractivity contribution in [3.05, 3.63) is 18.1 Å². The lowest BCUT2D eigenvalue weighted by atomic mass is 10.1. The van der Waals surface area contributed by atoms with Gasteiger partial charge in [0.2, 0.25) is 0 Å². The minimum Gasteiger partial charge on any atom is -0.394 e.